The van der Waals surface area contributed by atoms with Crippen LogP contribution in [0.3, 0.4) is 0 Å². The van der Waals surface area contributed by atoms with Crippen molar-refractivity contribution in [3.63, 3.8) is 0 Å². The largest absolute Gasteiger partial charge is 0.0991 e. The second-order valence-corrected chi connectivity index (χ2v) is 12.2. The maximum absolute atomic E-state index is 4.33. The lowest BCUT2D eigenvalue weighted by Crippen LogP contribution is -1.99. The molecule has 0 fully saturated rings. The molecule has 0 aliphatic carbocycles. The van der Waals surface area contributed by atoms with E-state index >= 15 is 0 Å². The minimum absolute atomic E-state index is 0.862. The predicted molar refractivity (Wildman–Crippen MR) is 280 cm³/mol. The lowest BCUT2D eigenvalue weighted by Gasteiger charge is -2.18. The van der Waals surface area contributed by atoms with Crippen LogP contribution in [0.15, 0.2) is 171 Å². The van der Waals surface area contributed by atoms with Gasteiger partial charge in [0.25, 0.3) is 0 Å². The van der Waals surface area contributed by atoms with Gasteiger partial charge in [0.05, 0.1) is 0 Å². The fourth-order valence-corrected chi connectivity index (χ4v) is 5.96. The monoisotopic (exact) mass is 791 g/mol. The number of aryl methyl sites for hydroxylation is 3. The number of rotatable bonds is 12. The zero-order valence-electron chi connectivity index (χ0n) is 40.5. The molecule has 4 rings (SSSR count). The van der Waals surface area contributed by atoms with Crippen molar-refractivity contribution in [1.82, 2.24) is 0 Å². The van der Waals surface area contributed by atoms with E-state index in [0.29, 0.717) is 0 Å². The van der Waals surface area contributed by atoms with Gasteiger partial charge >= 0.3 is 0 Å². The smallest absolute Gasteiger partial charge is 0.0106 e. The molecule has 0 bridgehead atoms. The van der Waals surface area contributed by atoms with E-state index < -0.39 is 0 Å². The molecule has 0 amide bonds. The topological polar surface area (TPSA) is 0 Å². The molecule has 0 nitrogen and oxygen atoms in total. The standard InChI is InChI=1S/C32H34.C17H18.5C2H6/c1-9-14-18-30-28(13-5)32(25(8)29-19-15-16-20-31(29)30)22-26(12-4)24(7)21-27(17-10-2)23(6)11-3;1-12(2)15-10-9-14(4)17(11-15)16-8-6-5-7-13(16)3;5*1-2/h9-12,14-22H,1,3-4,6-7,13H2,2,5,8H3;5-11H,1H2,2-4H3;5*1-2H3/b17-10-,18-14-,26-22+,27-21+;;;;;;. The Morgan fingerprint density at radius 2 is 1.15 bits per heavy atom. The van der Waals surface area contributed by atoms with E-state index in [1.807, 2.05) is 120 Å². The number of hydrogen-bond acceptors (Lipinski definition) is 0. The van der Waals surface area contributed by atoms with E-state index in [9.17, 15) is 0 Å². The summed E-state index contributed by atoms with van der Waals surface area (Å²) >= 11 is 0. The van der Waals surface area contributed by atoms with Gasteiger partial charge in [-0.2, -0.15) is 0 Å². The normalized spacial score (nSPS) is 10.2. The number of allylic oxidation sites excluding steroid dienone is 12. The lowest BCUT2D eigenvalue weighted by molar-refractivity contribution is 1.12. The van der Waals surface area contributed by atoms with Crippen molar-refractivity contribution in [2.24, 2.45) is 0 Å². The molecule has 0 unspecified atom stereocenters. The van der Waals surface area contributed by atoms with E-state index in [2.05, 4.69) is 146 Å². The Hall–Kier alpha value is -5.46. The third kappa shape index (κ3) is 17.9. The molecule has 0 saturated heterocycles. The minimum Gasteiger partial charge on any atom is -0.0991 e. The molecule has 0 aliphatic heterocycles. The van der Waals surface area contributed by atoms with Crippen LogP contribution in [-0.4, -0.2) is 0 Å². The van der Waals surface area contributed by atoms with E-state index in [1.54, 1.807) is 6.08 Å². The maximum atomic E-state index is 4.33. The molecule has 318 valence electrons. The van der Waals surface area contributed by atoms with Crippen LogP contribution in [0, 0.1) is 20.8 Å². The average molecular weight is 791 g/mol. The van der Waals surface area contributed by atoms with Crippen LogP contribution in [0.25, 0.3) is 39.6 Å². The van der Waals surface area contributed by atoms with Crippen LogP contribution in [0.5, 0.6) is 0 Å². The van der Waals surface area contributed by atoms with E-state index in [0.717, 1.165) is 34.3 Å². The molecule has 0 radical (unpaired) electrons. The van der Waals surface area contributed by atoms with Crippen molar-refractivity contribution >= 4 is 28.5 Å². The van der Waals surface area contributed by atoms with Crippen LogP contribution in [0.2, 0.25) is 0 Å². The van der Waals surface area contributed by atoms with Gasteiger partial charge in [0.1, 0.15) is 0 Å². The summed E-state index contributed by atoms with van der Waals surface area (Å²) in [4.78, 5) is 0. The predicted octanol–water partition coefficient (Wildman–Crippen LogP) is 19.4. The minimum atomic E-state index is 0.862. The summed E-state index contributed by atoms with van der Waals surface area (Å²) in [5.41, 5.74) is 16.3. The molecule has 0 saturated carbocycles. The first-order chi connectivity index (χ1) is 28.5. The molecule has 0 N–H and O–H groups in total. The van der Waals surface area contributed by atoms with Gasteiger partial charge < -0.3 is 0 Å². The quantitative estimate of drug-likeness (QED) is 0.125. The van der Waals surface area contributed by atoms with Gasteiger partial charge in [-0.05, 0) is 142 Å². The Labute approximate surface area is 365 Å². The van der Waals surface area contributed by atoms with Crippen LogP contribution in [-0.2, 0) is 6.42 Å². The molecule has 4 aromatic carbocycles. The van der Waals surface area contributed by atoms with Crippen LogP contribution in [0.1, 0.15) is 129 Å². The first-order valence-corrected chi connectivity index (χ1v) is 21.9. The third-order valence-corrected chi connectivity index (χ3v) is 8.78. The Morgan fingerprint density at radius 1 is 0.610 bits per heavy atom. The van der Waals surface area contributed by atoms with Crippen molar-refractivity contribution in [2.45, 2.75) is 117 Å². The zero-order valence-corrected chi connectivity index (χ0v) is 40.5. The summed E-state index contributed by atoms with van der Waals surface area (Å²) in [6.07, 6.45) is 18.8. The summed E-state index contributed by atoms with van der Waals surface area (Å²) in [5, 5.41) is 2.51. The van der Waals surface area contributed by atoms with E-state index in [1.165, 1.54) is 60.8 Å². The molecule has 0 spiro atoms. The Kier molecular flexibility index (Phi) is 33.9. The number of fused-ring (bicyclic) bond motifs is 1. The Balaban J connectivity index is -0.000000974. The molecule has 59 heavy (non-hydrogen) atoms. The fourth-order valence-electron chi connectivity index (χ4n) is 5.96. The summed E-state index contributed by atoms with van der Waals surface area (Å²) < 4.78 is 0. The van der Waals surface area contributed by atoms with Crippen molar-refractivity contribution in [3.05, 3.63) is 210 Å². The summed E-state index contributed by atoms with van der Waals surface area (Å²) in [5.74, 6) is 0. The van der Waals surface area contributed by atoms with Gasteiger partial charge in [0.15, 0.2) is 0 Å². The van der Waals surface area contributed by atoms with E-state index in [-0.39, 0.29) is 0 Å². The van der Waals surface area contributed by atoms with E-state index in [4.69, 9.17) is 0 Å². The molecule has 0 aliphatic rings. The van der Waals surface area contributed by atoms with Crippen LogP contribution >= 0.6 is 0 Å². The van der Waals surface area contributed by atoms with Crippen LogP contribution < -0.4 is 0 Å². The first-order valence-electron chi connectivity index (χ1n) is 21.9. The van der Waals surface area contributed by atoms with Gasteiger partial charge in [0.2, 0.25) is 0 Å². The van der Waals surface area contributed by atoms with Gasteiger partial charge in [-0.3, -0.25) is 0 Å². The highest BCUT2D eigenvalue weighted by molar-refractivity contribution is 5.97. The van der Waals surface area contributed by atoms with Crippen molar-refractivity contribution < 1.29 is 0 Å². The third-order valence-electron chi connectivity index (χ3n) is 8.78. The van der Waals surface area contributed by atoms with Gasteiger partial charge in [0, 0.05) is 0 Å². The summed E-state index contributed by atoms with van der Waals surface area (Å²) in [7, 11) is 0. The van der Waals surface area contributed by atoms with Crippen molar-refractivity contribution in [1.29, 1.82) is 0 Å². The highest BCUT2D eigenvalue weighted by Crippen LogP contribution is 2.34. The molecule has 4 aromatic rings. The van der Waals surface area contributed by atoms with Crippen molar-refractivity contribution in [2.75, 3.05) is 0 Å². The highest BCUT2D eigenvalue weighted by Gasteiger charge is 2.14. The maximum Gasteiger partial charge on any atom is -0.0106 e. The SMILES string of the molecule is C=C(C)c1ccc(C)c(-c2ccccc2C)c1.C=C/C=C\c1c(CC)c(/C=C(\C=C)C(=C)/C=C(\C=C/C)C(=C)C=C)c(C)c2ccccc12.CC.CC.CC.CC.CC. The summed E-state index contributed by atoms with van der Waals surface area (Å²) in [6.45, 7) is 56.9. The Bertz CT molecular complexity index is 2030. The molecule has 0 heteroatoms. The molecular formula is C59H82. The zero-order chi connectivity index (χ0) is 46.1. The van der Waals surface area contributed by atoms with Crippen LogP contribution in [0.4, 0.5) is 0 Å². The molecule has 0 heterocycles. The summed E-state index contributed by atoms with van der Waals surface area (Å²) in [6, 6.07) is 23.6. The van der Waals surface area contributed by atoms with Gasteiger partial charge in [-0.1, -0.05) is 224 Å². The fraction of sp³-hybridized carbons (Fsp3) is 0.288. The number of benzene rings is 4. The van der Waals surface area contributed by atoms with Gasteiger partial charge in [-0.25, -0.2) is 0 Å². The van der Waals surface area contributed by atoms with Crippen molar-refractivity contribution in [3.8, 4) is 11.1 Å². The highest BCUT2D eigenvalue weighted by atomic mass is 14.2. The number of hydrogen-bond donors (Lipinski definition) is 0. The molecule has 0 aromatic heterocycles. The van der Waals surface area contributed by atoms with Gasteiger partial charge in [-0.15, -0.1) is 0 Å². The average Bonchev–Trinajstić information content (AvgIpc) is 3.29. The second-order valence-electron chi connectivity index (χ2n) is 12.2. The Morgan fingerprint density at radius 3 is 1.64 bits per heavy atom. The second kappa shape index (κ2) is 34.6. The molecule has 0 atom stereocenters. The molecular weight excluding hydrogens is 709 g/mol. The first kappa shape index (κ1) is 57.9. The lowest BCUT2D eigenvalue weighted by atomic mass is 9.86.